The second kappa shape index (κ2) is 7.71. The van der Waals surface area contributed by atoms with Crippen LogP contribution < -0.4 is 0 Å². The van der Waals surface area contributed by atoms with Crippen LogP contribution in [0.3, 0.4) is 0 Å². The highest BCUT2D eigenvalue weighted by atomic mass is 16.5. The number of ether oxygens (including phenoxy) is 2. The van der Waals surface area contributed by atoms with Gasteiger partial charge in [-0.2, -0.15) is 0 Å². The van der Waals surface area contributed by atoms with E-state index < -0.39 is 12.1 Å². The number of hydrogen-bond acceptors (Lipinski definition) is 5. The predicted molar refractivity (Wildman–Crippen MR) is 68.3 cm³/mol. The van der Waals surface area contributed by atoms with E-state index in [2.05, 4.69) is 0 Å². The Balaban J connectivity index is 2.73. The molecule has 0 spiro atoms. The molecule has 0 saturated heterocycles. The van der Waals surface area contributed by atoms with E-state index in [-0.39, 0.29) is 11.9 Å². The summed E-state index contributed by atoms with van der Waals surface area (Å²) in [6.45, 7) is 3.44. The Kier molecular flexibility index (Phi) is 6.25. The van der Waals surface area contributed by atoms with Crippen LogP contribution in [0.1, 0.15) is 39.5 Å². The minimum atomic E-state index is -0.549. The van der Waals surface area contributed by atoms with Crippen molar-refractivity contribution in [2.45, 2.75) is 45.6 Å². The summed E-state index contributed by atoms with van der Waals surface area (Å²) in [6.07, 6.45) is 4.20. The van der Waals surface area contributed by atoms with Gasteiger partial charge in [0.1, 0.15) is 12.4 Å². The molecule has 1 unspecified atom stereocenters. The molecule has 0 aromatic carbocycles. The van der Waals surface area contributed by atoms with Gasteiger partial charge in [0.25, 0.3) is 0 Å². The zero-order valence-electron chi connectivity index (χ0n) is 11.4. The fraction of sp³-hybridized carbons (Fsp3) is 0.643. The maximum atomic E-state index is 11.7. The zero-order chi connectivity index (χ0) is 14.3. The van der Waals surface area contributed by atoms with Gasteiger partial charge in [-0.3, -0.25) is 14.4 Å². The van der Waals surface area contributed by atoms with Crippen molar-refractivity contribution in [1.82, 2.24) is 0 Å². The van der Waals surface area contributed by atoms with Crippen molar-refractivity contribution in [3.63, 3.8) is 0 Å². The Morgan fingerprint density at radius 3 is 2.68 bits per heavy atom. The minimum absolute atomic E-state index is 0.192. The fourth-order valence-corrected chi connectivity index (χ4v) is 2.19. The van der Waals surface area contributed by atoms with Gasteiger partial charge in [-0.05, 0) is 32.6 Å². The lowest BCUT2D eigenvalue weighted by Crippen LogP contribution is -2.25. The molecule has 0 N–H and O–H groups in total. The summed E-state index contributed by atoms with van der Waals surface area (Å²) in [5.41, 5.74) is 0.484. The first-order valence-corrected chi connectivity index (χ1v) is 6.57. The van der Waals surface area contributed by atoms with Crippen molar-refractivity contribution < 1.29 is 23.9 Å². The molecule has 0 aromatic rings. The molecule has 1 rings (SSSR count). The molecule has 1 aliphatic rings. The number of hydrogen-bond donors (Lipinski definition) is 0. The van der Waals surface area contributed by atoms with Gasteiger partial charge in [-0.15, -0.1) is 0 Å². The largest absolute Gasteiger partial charge is 0.466 e. The van der Waals surface area contributed by atoms with E-state index in [9.17, 15) is 14.4 Å². The number of aldehydes is 1. The third-order valence-corrected chi connectivity index (χ3v) is 3.11. The molecule has 0 fully saturated rings. The van der Waals surface area contributed by atoms with E-state index in [1.54, 1.807) is 13.0 Å². The third kappa shape index (κ3) is 4.85. The van der Waals surface area contributed by atoms with Gasteiger partial charge in [-0.1, -0.05) is 6.08 Å². The summed E-state index contributed by atoms with van der Waals surface area (Å²) in [5.74, 6) is -0.833. The SMILES string of the molecule is CCOC(=O)C1CC/C=C(/C=O)[C@@H](OC(C)=O)CC1. The Morgan fingerprint density at radius 2 is 2.11 bits per heavy atom. The van der Waals surface area contributed by atoms with Crippen molar-refractivity contribution in [2.24, 2.45) is 5.92 Å². The maximum Gasteiger partial charge on any atom is 0.308 e. The monoisotopic (exact) mass is 268 g/mol. The predicted octanol–water partition coefficient (Wildman–Crippen LogP) is 1.80. The first kappa shape index (κ1) is 15.4. The van der Waals surface area contributed by atoms with Crippen LogP contribution in [0.5, 0.6) is 0 Å². The van der Waals surface area contributed by atoms with Crippen LogP contribution in [0.4, 0.5) is 0 Å². The summed E-state index contributed by atoms with van der Waals surface area (Å²) < 4.78 is 10.1. The van der Waals surface area contributed by atoms with Gasteiger partial charge in [0.05, 0.1) is 12.5 Å². The van der Waals surface area contributed by atoms with Gasteiger partial charge < -0.3 is 9.47 Å². The van der Waals surface area contributed by atoms with Gasteiger partial charge in [0, 0.05) is 12.5 Å². The summed E-state index contributed by atoms with van der Waals surface area (Å²) in [7, 11) is 0. The van der Waals surface area contributed by atoms with Crippen LogP contribution in [0.2, 0.25) is 0 Å². The number of rotatable bonds is 4. The molecule has 19 heavy (non-hydrogen) atoms. The molecule has 0 amide bonds. The molecule has 5 heteroatoms. The van der Waals surface area contributed by atoms with E-state index in [0.29, 0.717) is 37.9 Å². The summed E-state index contributed by atoms with van der Waals surface area (Å²) in [5, 5.41) is 0. The molecule has 0 heterocycles. The lowest BCUT2D eigenvalue weighted by molar-refractivity contribution is -0.149. The third-order valence-electron chi connectivity index (χ3n) is 3.11. The first-order chi connectivity index (χ1) is 9.08. The quantitative estimate of drug-likeness (QED) is 0.574. The first-order valence-electron chi connectivity index (χ1n) is 6.57. The van der Waals surface area contributed by atoms with Crippen LogP contribution in [-0.4, -0.2) is 30.9 Å². The minimum Gasteiger partial charge on any atom is -0.466 e. The average molecular weight is 268 g/mol. The number of carbonyl (C=O) groups is 3. The lowest BCUT2D eigenvalue weighted by Gasteiger charge is -2.23. The molecule has 0 aliphatic heterocycles. The van der Waals surface area contributed by atoms with Crippen molar-refractivity contribution in [2.75, 3.05) is 6.61 Å². The number of esters is 2. The standard InChI is InChI=1S/C14H20O5/c1-3-18-14(17)11-5-4-6-12(9-15)13(8-7-11)19-10(2)16/h6,9,11,13H,3-5,7-8H2,1-2H3/b12-6-/t11?,13-/m0/s1. The van der Waals surface area contributed by atoms with E-state index in [1.165, 1.54) is 6.92 Å². The molecule has 0 saturated carbocycles. The Labute approximate surface area is 112 Å². The van der Waals surface area contributed by atoms with Gasteiger partial charge in [0.15, 0.2) is 0 Å². The molecule has 0 radical (unpaired) electrons. The number of allylic oxidation sites excluding steroid dienone is 1. The molecule has 0 aromatic heterocycles. The molecule has 5 nitrogen and oxygen atoms in total. The van der Waals surface area contributed by atoms with Crippen molar-refractivity contribution in [1.29, 1.82) is 0 Å². The topological polar surface area (TPSA) is 69.7 Å². The lowest BCUT2D eigenvalue weighted by atomic mass is 9.90. The smallest absolute Gasteiger partial charge is 0.308 e. The average Bonchev–Trinajstić information content (AvgIpc) is 2.33. The normalized spacial score (nSPS) is 26.3. The van der Waals surface area contributed by atoms with E-state index >= 15 is 0 Å². The van der Waals surface area contributed by atoms with Crippen LogP contribution in [0, 0.1) is 5.92 Å². The number of carbonyl (C=O) groups excluding carboxylic acids is 3. The van der Waals surface area contributed by atoms with Crippen LogP contribution >= 0.6 is 0 Å². The van der Waals surface area contributed by atoms with Crippen LogP contribution in [0.25, 0.3) is 0 Å². The van der Waals surface area contributed by atoms with E-state index in [0.717, 1.165) is 6.29 Å². The van der Waals surface area contributed by atoms with E-state index in [1.807, 2.05) is 0 Å². The highest BCUT2D eigenvalue weighted by Gasteiger charge is 2.26. The second-order valence-corrected chi connectivity index (χ2v) is 4.52. The Hall–Kier alpha value is -1.65. The van der Waals surface area contributed by atoms with Crippen molar-refractivity contribution in [3.8, 4) is 0 Å². The van der Waals surface area contributed by atoms with Crippen molar-refractivity contribution >= 4 is 18.2 Å². The molecule has 0 bridgehead atoms. The summed E-state index contributed by atoms with van der Waals surface area (Å²) >= 11 is 0. The Bertz CT molecular complexity index is 372. The molecular weight excluding hydrogens is 248 g/mol. The van der Waals surface area contributed by atoms with Crippen molar-refractivity contribution in [3.05, 3.63) is 11.6 Å². The molecule has 2 atom stereocenters. The van der Waals surface area contributed by atoms with Crippen LogP contribution in [-0.2, 0) is 23.9 Å². The van der Waals surface area contributed by atoms with Gasteiger partial charge in [-0.25, -0.2) is 0 Å². The zero-order valence-corrected chi connectivity index (χ0v) is 11.4. The van der Waals surface area contributed by atoms with Crippen LogP contribution in [0.15, 0.2) is 11.6 Å². The van der Waals surface area contributed by atoms with Gasteiger partial charge in [0.2, 0.25) is 0 Å². The van der Waals surface area contributed by atoms with E-state index in [4.69, 9.17) is 9.47 Å². The maximum absolute atomic E-state index is 11.7. The highest BCUT2D eigenvalue weighted by Crippen LogP contribution is 2.24. The molecule has 106 valence electrons. The van der Waals surface area contributed by atoms with Gasteiger partial charge >= 0.3 is 11.9 Å². The summed E-state index contributed by atoms with van der Waals surface area (Å²) in [4.78, 5) is 33.7. The Morgan fingerprint density at radius 1 is 1.37 bits per heavy atom. The fourth-order valence-electron chi connectivity index (χ4n) is 2.19. The molecular formula is C14H20O5. The molecule has 1 aliphatic carbocycles. The second-order valence-electron chi connectivity index (χ2n) is 4.52. The highest BCUT2D eigenvalue weighted by molar-refractivity contribution is 5.77. The summed E-state index contributed by atoms with van der Waals surface area (Å²) in [6, 6.07) is 0.